The van der Waals surface area contributed by atoms with E-state index in [0.29, 0.717) is 17.9 Å². The number of carbonyl (C=O) groups excluding carboxylic acids is 1. The Balaban J connectivity index is 2.13. The summed E-state index contributed by atoms with van der Waals surface area (Å²) in [6.45, 7) is 0. The van der Waals surface area contributed by atoms with E-state index >= 15 is 0 Å². The van der Waals surface area contributed by atoms with Crippen molar-refractivity contribution in [2.45, 2.75) is 0 Å². The average molecular weight is 582 g/mol. The highest BCUT2D eigenvalue weighted by atomic mass is 79.9. The normalized spacial score (nSPS) is 11.5. The number of allylic oxidation sites excluding steroid dienone is 2. The summed E-state index contributed by atoms with van der Waals surface area (Å²) in [6, 6.07) is 6.84. The number of hydrogen-bond acceptors (Lipinski definition) is 3. The van der Waals surface area contributed by atoms with Gasteiger partial charge in [0.05, 0.1) is 17.9 Å². The lowest BCUT2D eigenvalue weighted by Gasteiger charge is -2.02. The molecular weight excluding hydrogens is 572 g/mol. The molecule has 124 valence electrons. The van der Waals surface area contributed by atoms with E-state index in [0.717, 1.165) is 11.1 Å². The van der Waals surface area contributed by atoms with Crippen LogP contribution in [0.2, 0.25) is 0 Å². The summed E-state index contributed by atoms with van der Waals surface area (Å²) >= 11 is 13.0. The fourth-order valence-electron chi connectivity index (χ4n) is 1.77. The van der Waals surface area contributed by atoms with Crippen LogP contribution in [0, 0.1) is 0 Å². The highest BCUT2D eigenvalue weighted by Crippen LogP contribution is 2.34. The Morgan fingerprint density at radius 1 is 0.708 bits per heavy atom. The fraction of sp³-hybridized carbons (Fsp3) is 0. The summed E-state index contributed by atoms with van der Waals surface area (Å²) in [7, 11) is 0. The van der Waals surface area contributed by atoms with Crippen molar-refractivity contribution >= 4 is 81.7 Å². The number of aromatic hydroxyl groups is 2. The molecule has 0 aromatic heterocycles. The SMILES string of the molecule is O=C(/C=C/c1cc(Br)c(O)c(Br)c1)/C=C/c1cc(Br)c(O)c(Br)c1. The molecule has 0 radical (unpaired) electrons. The van der Waals surface area contributed by atoms with E-state index in [-0.39, 0.29) is 17.3 Å². The zero-order valence-electron chi connectivity index (χ0n) is 11.9. The van der Waals surface area contributed by atoms with E-state index in [4.69, 9.17) is 0 Å². The number of phenols is 2. The van der Waals surface area contributed by atoms with Crippen LogP contribution < -0.4 is 0 Å². The number of phenolic OH excluding ortho intramolecular Hbond substituents is 2. The lowest BCUT2D eigenvalue weighted by molar-refractivity contribution is -0.110. The molecular formula is C17H10Br4O3. The highest BCUT2D eigenvalue weighted by molar-refractivity contribution is 9.11. The molecule has 0 aliphatic carbocycles. The van der Waals surface area contributed by atoms with Crippen LogP contribution in [0.5, 0.6) is 11.5 Å². The molecule has 0 unspecified atom stereocenters. The van der Waals surface area contributed by atoms with Crippen molar-refractivity contribution in [3.63, 3.8) is 0 Å². The second kappa shape index (κ2) is 8.47. The predicted octanol–water partition coefficient (Wildman–Crippen LogP) is 6.44. The van der Waals surface area contributed by atoms with Crippen molar-refractivity contribution in [2.75, 3.05) is 0 Å². The second-order valence-electron chi connectivity index (χ2n) is 4.74. The Morgan fingerprint density at radius 3 is 1.29 bits per heavy atom. The Hall–Kier alpha value is -0.890. The average Bonchev–Trinajstić information content (AvgIpc) is 2.53. The summed E-state index contributed by atoms with van der Waals surface area (Å²) in [5, 5.41) is 19.3. The van der Waals surface area contributed by atoms with Crippen LogP contribution in [-0.4, -0.2) is 16.0 Å². The van der Waals surface area contributed by atoms with Gasteiger partial charge in [-0.15, -0.1) is 0 Å². The molecule has 0 fully saturated rings. The minimum absolute atomic E-state index is 0.113. The van der Waals surface area contributed by atoms with Crippen molar-refractivity contribution in [1.29, 1.82) is 0 Å². The first-order chi connectivity index (χ1) is 11.3. The molecule has 0 saturated heterocycles. The van der Waals surface area contributed by atoms with Crippen molar-refractivity contribution in [3.05, 3.63) is 65.4 Å². The van der Waals surface area contributed by atoms with Crippen LogP contribution in [-0.2, 0) is 4.79 Å². The molecule has 24 heavy (non-hydrogen) atoms. The maximum Gasteiger partial charge on any atom is 0.178 e. The van der Waals surface area contributed by atoms with Gasteiger partial charge in [-0.2, -0.15) is 0 Å². The van der Waals surface area contributed by atoms with Gasteiger partial charge < -0.3 is 10.2 Å². The third kappa shape index (κ3) is 5.05. The van der Waals surface area contributed by atoms with Gasteiger partial charge in [-0.3, -0.25) is 4.79 Å². The molecule has 2 N–H and O–H groups in total. The topological polar surface area (TPSA) is 57.5 Å². The Labute approximate surface area is 172 Å². The van der Waals surface area contributed by atoms with E-state index in [9.17, 15) is 15.0 Å². The molecule has 0 heterocycles. The van der Waals surface area contributed by atoms with Gasteiger partial charge in [0, 0.05) is 0 Å². The maximum absolute atomic E-state index is 11.9. The van der Waals surface area contributed by atoms with Crippen LogP contribution in [0.4, 0.5) is 0 Å². The van der Waals surface area contributed by atoms with Crippen molar-refractivity contribution in [3.8, 4) is 11.5 Å². The Morgan fingerprint density at radius 2 is 1.00 bits per heavy atom. The third-order valence-electron chi connectivity index (χ3n) is 2.96. The minimum atomic E-state index is -0.185. The smallest absolute Gasteiger partial charge is 0.178 e. The first kappa shape index (κ1) is 19.4. The molecule has 0 aliphatic rings. The monoisotopic (exact) mass is 578 g/mol. The summed E-state index contributed by atoms with van der Waals surface area (Å²) in [6.07, 6.45) is 6.19. The number of halogens is 4. The number of rotatable bonds is 4. The molecule has 0 bridgehead atoms. The van der Waals surface area contributed by atoms with Gasteiger partial charge in [0.1, 0.15) is 11.5 Å². The number of hydrogen-bond donors (Lipinski definition) is 2. The lowest BCUT2D eigenvalue weighted by atomic mass is 10.1. The molecule has 3 nitrogen and oxygen atoms in total. The van der Waals surface area contributed by atoms with Gasteiger partial charge >= 0.3 is 0 Å². The predicted molar refractivity (Wildman–Crippen MR) is 110 cm³/mol. The second-order valence-corrected chi connectivity index (χ2v) is 8.15. The zero-order chi connectivity index (χ0) is 17.9. The molecule has 0 spiro atoms. The molecule has 2 aromatic rings. The van der Waals surface area contributed by atoms with Crippen LogP contribution in [0.15, 0.2) is 54.3 Å². The number of benzene rings is 2. The lowest BCUT2D eigenvalue weighted by Crippen LogP contribution is -1.86. The zero-order valence-corrected chi connectivity index (χ0v) is 18.3. The van der Waals surface area contributed by atoms with Crippen molar-refractivity contribution in [2.24, 2.45) is 0 Å². The largest absolute Gasteiger partial charge is 0.506 e. The summed E-state index contributed by atoms with van der Waals surface area (Å²) < 4.78 is 2.16. The van der Waals surface area contributed by atoms with Crippen LogP contribution in [0.25, 0.3) is 12.2 Å². The fourth-order valence-corrected chi connectivity index (χ4v) is 4.22. The molecule has 0 atom stereocenters. The van der Waals surface area contributed by atoms with E-state index in [1.165, 1.54) is 12.2 Å². The molecule has 0 amide bonds. The quantitative estimate of drug-likeness (QED) is 0.409. The molecule has 2 aromatic carbocycles. The van der Waals surface area contributed by atoms with E-state index in [1.54, 1.807) is 36.4 Å². The first-order valence-corrected chi connectivity index (χ1v) is 9.71. The summed E-state index contributed by atoms with van der Waals surface area (Å²) in [5.74, 6) is 0.0411. The van der Waals surface area contributed by atoms with E-state index in [2.05, 4.69) is 63.7 Å². The van der Waals surface area contributed by atoms with Gasteiger partial charge in [-0.1, -0.05) is 12.2 Å². The van der Waals surface area contributed by atoms with E-state index < -0.39 is 0 Å². The van der Waals surface area contributed by atoms with E-state index in [1.807, 2.05) is 0 Å². The molecule has 0 saturated carbocycles. The minimum Gasteiger partial charge on any atom is -0.506 e. The van der Waals surface area contributed by atoms with Crippen LogP contribution >= 0.6 is 63.7 Å². The molecule has 2 rings (SSSR count). The Kier molecular flexibility index (Phi) is 6.86. The van der Waals surface area contributed by atoms with Gasteiger partial charge in [0.2, 0.25) is 0 Å². The molecule has 0 aliphatic heterocycles. The summed E-state index contributed by atoms with van der Waals surface area (Å²) in [4.78, 5) is 11.9. The van der Waals surface area contributed by atoms with Gasteiger partial charge in [-0.05, 0) is 111 Å². The van der Waals surface area contributed by atoms with Crippen molar-refractivity contribution in [1.82, 2.24) is 0 Å². The summed E-state index contributed by atoms with van der Waals surface area (Å²) in [5.41, 5.74) is 1.53. The van der Waals surface area contributed by atoms with Crippen LogP contribution in [0.3, 0.4) is 0 Å². The third-order valence-corrected chi connectivity index (χ3v) is 5.38. The Bertz CT molecular complexity index is 741. The molecule has 7 heteroatoms. The first-order valence-electron chi connectivity index (χ1n) is 6.54. The standard InChI is InChI=1S/C17H10Br4O3/c18-12-5-9(6-13(19)16(12)23)1-3-11(22)4-2-10-7-14(20)17(24)15(21)8-10/h1-8,23-24H/b3-1+,4-2+. The van der Waals surface area contributed by atoms with Crippen molar-refractivity contribution < 1.29 is 15.0 Å². The number of ketones is 1. The van der Waals surface area contributed by atoms with Gasteiger partial charge in [0.15, 0.2) is 5.78 Å². The number of carbonyl (C=O) groups is 1. The van der Waals surface area contributed by atoms with Crippen LogP contribution in [0.1, 0.15) is 11.1 Å². The van der Waals surface area contributed by atoms with Gasteiger partial charge in [-0.25, -0.2) is 0 Å². The maximum atomic E-state index is 11.9. The highest BCUT2D eigenvalue weighted by Gasteiger charge is 2.05. The van der Waals surface area contributed by atoms with Gasteiger partial charge in [0.25, 0.3) is 0 Å².